The lowest BCUT2D eigenvalue weighted by Crippen LogP contribution is -2.36. The molecule has 0 spiro atoms. The quantitative estimate of drug-likeness (QED) is 0.883. The fraction of sp³-hybridized carbons (Fsp3) is 0.316. The summed E-state index contributed by atoms with van der Waals surface area (Å²) in [7, 11) is 0. The van der Waals surface area contributed by atoms with E-state index in [1.807, 2.05) is 58.0 Å². The van der Waals surface area contributed by atoms with Crippen molar-refractivity contribution in [2.75, 3.05) is 11.4 Å². The van der Waals surface area contributed by atoms with Crippen LogP contribution in [0.3, 0.4) is 0 Å². The largest absolute Gasteiger partial charge is 0.508 e. The molecule has 0 fully saturated rings. The molecule has 0 atom stereocenters. The second-order valence-corrected chi connectivity index (χ2v) is 6.32. The highest BCUT2D eigenvalue weighted by Gasteiger charge is 2.22. The zero-order valence-electron chi connectivity index (χ0n) is 14.0. The predicted molar refractivity (Wildman–Crippen MR) is 92.8 cm³/mol. The number of benzene rings is 2. The third-order valence-corrected chi connectivity index (χ3v) is 3.29. The molecule has 2 aromatic rings. The average Bonchev–Trinajstić information content (AvgIpc) is 2.47. The SMILES string of the molecule is CCN(C(=O)OC(C)(C)C)c1ccc(-c2cccc(O)c2)cc1. The minimum Gasteiger partial charge on any atom is -0.508 e. The molecule has 0 aliphatic rings. The summed E-state index contributed by atoms with van der Waals surface area (Å²) in [6.45, 7) is 7.99. The molecule has 4 heteroatoms. The monoisotopic (exact) mass is 313 g/mol. The van der Waals surface area contributed by atoms with Crippen molar-refractivity contribution in [2.45, 2.75) is 33.3 Å². The van der Waals surface area contributed by atoms with Crippen LogP contribution >= 0.6 is 0 Å². The number of phenolic OH excluding ortho intramolecular Hbond substituents is 1. The lowest BCUT2D eigenvalue weighted by Gasteiger charge is -2.26. The number of anilines is 1. The number of ether oxygens (including phenoxy) is 1. The molecule has 2 rings (SSSR count). The minimum absolute atomic E-state index is 0.232. The Bertz CT molecular complexity index is 672. The minimum atomic E-state index is -0.522. The van der Waals surface area contributed by atoms with E-state index in [0.29, 0.717) is 6.54 Å². The first kappa shape index (κ1) is 16.9. The van der Waals surface area contributed by atoms with Crippen molar-refractivity contribution in [3.8, 4) is 16.9 Å². The fourth-order valence-electron chi connectivity index (χ4n) is 2.25. The Morgan fingerprint density at radius 3 is 2.26 bits per heavy atom. The van der Waals surface area contributed by atoms with Crippen LogP contribution < -0.4 is 4.90 Å². The van der Waals surface area contributed by atoms with Gasteiger partial charge >= 0.3 is 6.09 Å². The van der Waals surface area contributed by atoms with Crippen LogP contribution in [-0.2, 0) is 4.74 Å². The fourth-order valence-corrected chi connectivity index (χ4v) is 2.25. The number of aromatic hydroxyl groups is 1. The summed E-state index contributed by atoms with van der Waals surface area (Å²) in [4.78, 5) is 13.9. The molecule has 0 bridgehead atoms. The maximum Gasteiger partial charge on any atom is 0.414 e. The van der Waals surface area contributed by atoms with Crippen molar-refractivity contribution in [3.05, 3.63) is 48.5 Å². The smallest absolute Gasteiger partial charge is 0.414 e. The molecule has 2 aromatic carbocycles. The highest BCUT2D eigenvalue weighted by atomic mass is 16.6. The summed E-state index contributed by atoms with van der Waals surface area (Å²) in [6.07, 6.45) is -0.356. The van der Waals surface area contributed by atoms with E-state index in [0.717, 1.165) is 16.8 Å². The van der Waals surface area contributed by atoms with Crippen LogP contribution in [0.2, 0.25) is 0 Å². The lowest BCUT2D eigenvalue weighted by molar-refractivity contribution is 0.0582. The maximum absolute atomic E-state index is 12.3. The van der Waals surface area contributed by atoms with Gasteiger partial charge in [0, 0.05) is 12.2 Å². The Morgan fingerprint density at radius 2 is 1.74 bits per heavy atom. The van der Waals surface area contributed by atoms with Crippen molar-refractivity contribution in [3.63, 3.8) is 0 Å². The van der Waals surface area contributed by atoms with Gasteiger partial charge in [-0.1, -0.05) is 24.3 Å². The third-order valence-electron chi connectivity index (χ3n) is 3.29. The zero-order valence-corrected chi connectivity index (χ0v) is 14.0. The van der Waals surface area contributed by atoms with Gasteiger partial charge in [0.25, 0.3) is 0 Å². The summed E-state index contributed by atoms with van der Waals surface area (Å²) in [5.74, 6) is 0.232. The van der Waals surface area contributed by atoms with Crippen LogP contribution in [0, 0.1) is 0 Å². The Labute approximate surface area is 137 Å². The van der Waals surface area contributed by atoms with E-state index in [9.17, 15) is 9.90 Å². The lowest BCUT2D eigenvalue weighted by atomic mass is 10.0. The molecule has 0 unspecified atom stereocenters. The third kappa shape index (κ3) is 4.49. The Hall–Kier alpha value is -2.49. The Kier molecular flexibility index (Phi) is 4.94. The van der Waals surface area contributed by atoms with Gasteiger partial charge in [-0.2, -0.15) is 0 Å². The summed E-state index contributed by atoms with van der Waals surface area (Å²) in [5.41, 5.74) is 2.17. The van der Waals surface area contributed by atoms with Crippen LogP contribution in [-0.4, -0.2) is 23.3 Å². The van der Waals surface area contributed by atoms with Gasteiger partial charge in [0.05, 0.1) is 0 Å². The van der Waals surface area contributed by atoms with Crippen molar-refractivity contribution in [1.82, 2.24) is 0 Å². The van der Waals surface area contributed by atoms with E-state index in [-0.39, 0.29) is 11.8 Å². The van der Waals surface area contributed by atoms with Gasteiger partial charge in [0.1, 0.15) is 11.4 Å². The van der Waals surface area contributed by atoms with Crippen molar-refractivity contribution >= 4 is 11.8 Å². The van der Waals surface area contributed by atoms with E-state index in [1.54, 1.807) is 23.1 Å². The first-order valence-corrected chi connectivity index (χ1v) is 7.70. The van der Waals surface area contributed by atoms with Gasteiger partial charge in [-0.05, 0) is 63.1 Å². The molecule has 4 nitrogen and oxygen atoms in total. The molecule has 0 aliphatic carbocycles. The molecule has 0 saturated heterocycles. The van der Waals surface area contributed by atoms with Crippen LogP contribution in [0.5, 0.6) is 5.75 Å². The van der Waals surface area contributed by atoms with Gasteiger partial charge in [-0.3, -0.25) is 4.90 Å². The first-order valence-electron chi connectivity index (χ1n) is 7.70. The second kappa shape index (κ2) is 6.73. The highest BCUT2D eigenvalue weighted by Crippen LogP contribution is 2.26. The number of phenols is 1. The summed E-state index contributed by atoms with van der Waals surface area (Å²) in [6, 6.07) is 14.7. The highest BCUT2D eigenvalue weighted by molar-refractivity contribution is 5.88. The normalized spacial score (nSPS) is 11.1. The maximum atomic E-state index is 12.3. The molecule has 1 N–H and O–H groups in total. The molecule has 0 aliphatic heterocycles. The number of rotatable bonds is 3. The molecule has 122 valence electrons. The van der Waals surface area contributed by atoms with Gasteiger partial charge in [-0.15, -0.1) is 0 Å². The van der Waals surface area contributed by atoms with Crippen molar-refractivity contribution < 1.29 is 14.6 Å². The van der Waals surface area contributed by atoms with E-state index < -0.39 is 5.60 Å². The van der Waals surface area contributed by atoms with Crippen molar-refractivity contribution in [1.29, 1.82) is 0 Å². The molecular weight excluding hydrogens is 290 g/mol. The summed E-state index contributed by atoms with van der Waals surface area (Å²) in [5, 5.41) is 9.57. The number of carbonyl (C=O) groups excluding carboxylic acids is 1. The summed E-state index contributed by atoms with van der Waals surface area (Å²) >= 11 is 0. The number of amides is 1. The molecule has 23 heavy (non-hydrogen) atoms. The Morgan fingerprint density at radius 1 is 1.09 bits per heavy atom. The zero-order chi connectivity index (χ0) is 17.0. The molecule has 0 saturated carbocycles. The molecular formula is C19H23NO3. The number of carbonyl (C=O) groups is 1. The van der Waals surface area contributed by atoms with Crippen LogP contribution in [0.4, 0.5) is 10.5 Å². The standard InChI is InChI=1S/C19H23NO3/c1-5-20(18(22)23-19(2,3)4)16-11-9-14(10-12-16)15-7-6-8-17(21)13-15/h6-13,21H,5H2,1-4H3. The first-order chi connectivity index (χ1) is 10.8. The van der Waals surface area contributed by atoms with E-state index >= 15 is 0 Å². The number of nitrogens with zero attached hydrogens (tertiary/aromatic N) is 1. The summed E-state index contributed by atoms with van der Waals surface area (Å²) < 4.78 is 5.43. The predicted octanol–water partition coefficient (Wildman–Crippen LogP) is 4.82. The molecule has 0 aromatic heterocycles. The van der Waals surface area contributed by atoms with E-state index in [1.165, 1.54) is 0 Å². The number of hydrogen-bond donors (Lipinski definition) is 1. The molecule has 1 amide bonds. The van der Waals surface area contributed by atoms with E-state index in [2.05, 4.69) is 0 Å². The number of hydrogen-bond acceptors (Lipinski definition) is 3. The van der Waals surface area contributed by atoms with Crippen LogP contribution in [0.1, 0.15) is 27.7 Å². The van der Waals surface area contributed by atoms with Gasteiger partial charge in [0.15, 0.2) is 0 Å². The molecule has 0 heterocycles. The molecule has 0 radical (unpaired) electrons. The Balaban J connectivity index is 2.22. The van der Waals surface area contributed by atoms with Gasteiger partial charge in [-0.25, -0.2) is 4.79 Å². The van der Waals surface area contributed by atoms with Crippen molar-refractivity contribution in [2.24, 2.45) is 0 Å². The second-order valence-electron chi connectivity index (χ2n) is 6.32. The van der Waals surface area contributed by atoms with Gasteiger partial charge < -0.3 is 9.84 Å². The van der Waals surface area contributed by atoms with E-state index in [4.69, 9.17) is 4.74 Å². The van der Waals surface area contributed by atoms with Gasteiger partial charge in [0.2, 0.25) is 0 Å². The topological polar surface area (TPSA) is 49.8 Å². The average molecular weight is 313 g/mol. The van der Waals surface area contributed by atoms with Crippen LogP contribution in [0.25, 0.3) is 11.1 Å². The van der Waals surface area contributed by atoms with Crippen LogP contribution in [0.15, 0.2) is 48.5 Å².